The van der Waals surface area contributed by atoms with Crippen molar-refractivity contribution in [3.05, 3.63) is 57.8 Å². The lowest BCUT2D eigenvalue weighted by Crippen LogP contribution is -1.92. The third-order valence-electron chi connectivity index (χ3n) is 2.58. The Morgan fingerprint density at radius 2 is 2.06 bits per heavy atom. The Kier molecular flexibility index (Phi) is 3.99. The summed E-state index contributed by atoms with van der Waals surface area (Å²) in [7, 11) is 0. The Labute approximate surface area is 113 Å². The molecule has 4 heteroatoms. The molecule has 0 bridgehead atoms. The molecular formula is C14H12BrFO2. The maximum Gasteiger partial charge on any atom is 0.168 e. The predicted molar refractivity (Wildman–Crippen MR) is 71.3 cm³/mol. The first-order valence-corrected chi connectivity index (χ1v) is 6.23. The number of hydrogen-bond donors (Lipinski definition) is 1. The fourth-order valence-electron chi connectivity index (χ4n) is 1.55. The highest BCUT2D eigenvalue weighted by Crippen LogP contribution is 2.29. The molecule has 0 saturated heterocycles. The minimum atomic E-state index is -0.361. The molecule has 18 heavy (non-hydrogen) atoms. The van der Waals surface area contributed by atoms with Crippen molar-refractivity contribution in [1.82, 2.24) is 0 Å². The first-order chi connectivity index (χ1) is 8.61. The van der Waals surface area contributed by atoms with Crippen molar-refractivity contribution in [2.75, 3.05) is 0 Å². The summed E-state index contributed by atoms with van der Waals surface area (Å²) < 4.78 is 20.0. The molecule has 0 heterocycles. The molecule has 1 N–H and O–H groups in total. The molecule has 0 aliphatic carbocycles. The van der Waals surface area contributed by atoms with Crippen molar-refractivity contribution >= 4 is 15.9 Å². The number of aliphatic hydroxyl groups excluding tert-OH is 1. The monoisotopic (exact) mass is 310 g/mol. The van der Waals surface area contributed by atoms with Crippen LogP contribution in [0.2, 0.25) is 0 Å². The van der Waals surface area contributed by atoms with Gasteiger partial charge in [0.25, 0.3) is 0 Å². The Morgan fingerprint density at radius 3 is 2.72 bits per heavy atom. The lowest BCUT2D eigenvalue weighted by molar-refractivity contribution is 0.281. The molecule has 0 unspecified atom stereocenters. The van der Waals surface area contributed by atoms with Crippen LogP contribution in [-0.2, 0) is 6.61 Å². The molecule has 2 aromatic carbocycles. The summed E-state index contributed by atoms with van der Waals surface area (Å²) >= 11 is 3.32. The van der Waals surface area contributed by atoms with Crippen molar-refractivity contribution in [3.63, 3.8) is 0 Å². The van der Waals surface area contributed by atoms with E-state index in [-0.39, 0.29) is 18.2 Å². The fourth-order valence-corrected chi connectivity index (χ4v) is 2.03. The van der Waals surface area contributed by atoms with Crippen molar-refractivity contribution in [3.8, 4) is 11.5 Å². The molecule has 0 saturated carbocycles. The fraction of sp³-hybridized carbons (Fsp3) is 0.143. The molecule has 0 fully saturated rings. The van der Waals surface area contributed by atoms with E-state index in [4.69, 9.17) is 9.84 Å². The average Bonchev–Trinajstić information content (AvgIpc) is 2.35. The van der Waals surface area contributed by atoms with Crippen LogP contribution < -0.4 is 4.74 Å². The molecule has 0 aliphatic rings. The second kappa shape index (κ2) is 5.50. The zero-order valence-electron chi connectivity index (χ0n) is 9.78. The SMILES string of the molecule is Cc1cccc(Oc2ccc(CO)c(Br)c2)c1F. The van der Waals surface area contributed by atoms with E-state index in [1.165, 1.54) is 0 Å². The van der Waals surface area contributed by atoms with E-state index >= 15 is 0 Å². The summed E-state index contributed by atoms with van der Waals surface area (Å²) in [6, 6.07) is 10.1. The number of ether oxygens (including phenoxy) is 1. The van der Waals surface area contributed by atoms with Gasteiger partial charge in [0.15, 0.2) is 11.6 Å². The summed E-state index contributed by atoms with van der Waals surface area (Å²) in [5.41, 5.74) is 1.30. The molecule has 0 atom stereocenters. The molecule has 0 aromatic heterocycles. The minimum Gasteiger partial charge on any atom is -0.454 e. The molecule has 0 aliphatic heterocycles. The van der Waals surface area contributed by atoms with Gasteiger partial charge in [0.1, 0.15) is 5.75 Å². The van der Waals surface area contributed by atoms with E-state index in [0.29, 0.717) is 11.3 Å². The lowest BCUT2D eigenvalue weighted by Gasteiger charge is -2.09. The van der Waals surface area contributed by atoms with E-state index in [2.05, 4.69) is 15.9 Å². The zero-order valence-corrected chi connectivity index (χ0v) is 11.4. The number of halogens is 2. The molecule has 2 nitrogen and oxygen atoms in total. The number of aliphatic hydroxyl groups is 1. The highest BCUT2D eigenvalue weighted by atomic mass is 79.9. The first-order valence-electron chi connectivity index (χ1n) is 5.44. The van der Waals surface area contributed by atoms with E-state index in [9.17, 15) is 4.39 Å². The predicted octanol–water partition coefficient (Wildman–Crippen LogP) is 4.18. The van der Waals surface area contributed by atoms with Crippen LogP contribution >= 0.6 is 15.9 Å². The van der Waals surface area contributed by atoms with Gasteiger partial charge in [-0.3, -0.25) is 0 Å². The molecule has 0 amide bonds. The minimum absolute atomic E-state index is 0.0559. The summed E-state index contributed by atoms with van der Waals surface area (Å²) in [6.07, 6.45) is 0. The second-order valence-corrected chi connectivity index (χ2v) is 4.75. The van der Waals surface area contributed by atoms with Gasteiger partial charge in [0.05, 0.1) is 6.61 Å². The number of rotatable bonds is 3. The maximum absolute atomic E-state index is 13.8. The van der Waals surface area contributed by atoms with Gasteiger partial charge in [-0.25, -0.2) is 4.39 Å². The van der Waals surface area contributed by atoms with Crippen LogP contribution in [0.5, 0.6) is 11.5 Å². The van der Waals surface area contributed by atoms with Crippen LogP contribution in [0.25, 0.3) is 0 Å². The largest absolute Gasteiger partial charge is 0.454 e. The van der Waals surface area contributed by atoms with Gasteiger partial charge >= 0.3 is 0 Å². The second-order valence-electron chi connectivity index (χ2n) is 3.90. The molecule has 2 rings (SSSR count). The van der Waals surface area contributed by atoms with E-state index in [1.807, 2.05) is 0 Å². The zero-order chi connectivity index (χ0) is 13.1. The normalized spacial score (nSPS) is 10.4. The van der Waals surface area contributed by atoms with Gasteiger partial charge in [-0.1, -0.05) is 34.1 Å². The number of aryl methyl sites for hydroxylation is 1. The summed E-state index contributed by atoms with van der Waals surface area (Å²) in [5, 5.41) is 9.05. The summed E-state index contributed by atoms with van der Waals surface area (Å²) in [5.74, 6) is 0.349. The van der Waals surface area contributed by atoms with Gasteiger partial charge in [-0.05, 0) is 36.2 Å². The molecule has 0 spiro atoms. The first kappa shape index (κ1) is 13.1. The van der Waals surface area contributed by atoms with E-state index in [1.54, 1.807) is 43.3 Å². The molecule has 2 aromatic rings. The van der Waals surface area contributed by atoms with Crippen LogP contribution in [0, 0.1) is 12.7 Å². The van der Waals surface area contributed by atoms with Crippen molar-refractivity contribution < 1.29 is 14.2 Å². The van der Waals surface area contributed by atoms with Gasteiger partial charge < -0.3 is 9.84 Å². The third kappa shape index (κ3) is 2.71. The van der Waals surface area contributed by atoms with Crippen LogP contribution in [0.15, 0.2) is 40.9 Å². The Morgan fingerprint density at radius 1 is 1.28 bits per heavy atom. The topological polar surface area (TPSA) is 29.5 Å². The number of hydrogen-bond acceptors (Lipinski definition) is 2. The molecular weight excluding hydrogens is 299 g/mol. The van der Waals surface area contributed by atoms with Crippen LogP contribution in [0.1, 0.15) is 11.1 Å². The van der Waals surface area contributed by atoms with Crippen LogP contribution in [-0.4, -0.2) is 5.11 Å². The van der Waals surface area contributed by atoms with Gasteiger partial charge in [-0.2, -0.15) is 0 Å². The van der Waals surface area contributed by atoms with Gasteiger partial charge in [-0.15, -0.1) is 0 Å². The molecule has 0 radical (unpaired) electrons. The van der Waals surface area contributed by atoms with Gasteiger partial charge in [0.2, 0.25) is 0 Å². The average molecular weight is 311 g/mol. The Bertz CT molecular complexity index is 570. The van der Waals surface area contributed by atoms with Crippen molar-refractivity contribution in [2.24, 2.45) is 0 Å². The Hall–Kier alpha value is -1.39. The molecule has 94 valence electrons. The van der Waals surface area contributed by atoms with E-state index in [0.717, 1.165) is 10.0 Å². The summed E-state index contributed by atoms with van der Waals surface area (Å²) in [4.78, 5) is 0. The van der Waals surface area contributed by atoms with Crippen LogP contribution in [0.3, 0.4) is 0 Å². The maximum atomic E-state index is 13.8. The smallest absolute Gasteiger partial charge is 0.168 e. The standard InChI is InChI=1S/C14H12BrFO2/c1-9-3-2-4-13(14(9)16)18-11-6-5-10(8-17)12(15)7-11/h2-7,17H,8H2,1H3. The Balaban J connectivity index is 2.29. The third-order valence-corrected chi connectivity index (χ3v) is 3.32. The number of benzene rings is 2. The van der Waals surface area contributed by atoms with Gasteiger partial charge in [0, 0.05) is 4.47 Å². The van der Waals surface area contributed by atoms with E-state index < -0.39 is 0 Å². The lowest BCUT2D eigenvalue weighted by atomic mass is 10.2. The quantitative estimate of drug-likeness (QED) is 0.921. The summed E-state index contributed by atoms with van der Waals surface area (Å²) in [6.45, 7) is 1.63. The highest BCUT2D eigenvalue weighted by Gasteiger charge is 2.08. The van der Waals surface area contributed by atoms with Crippen molar-refractivity contribution in [1.29, 1.82) is 0 Å². The van der Waals surface area contributed by atoms with Crippen LogP contribution in [0.4, 0.5) is 4.39 Å². The van der Waals surface area contributed by atoms with Crippen molar-refractivity contribution in [2.45, 2.75) is 13.5 Å². The highest BCUT2D eigenvalue weighted by molar-refractivity contribution is 9.10.